The Kier molecular flexibility index (Phi) is 6.03. The van der Waals surface area contributed by atoms with Crippen molar-refractivity contribution in [2.45, 2.75) is 34.1 Å². The zero-order chi connectivity index (χ0) is 14.4. The highest BCUT2D eigenvalue weighted by Crippen LogP contribution is 2.11. The van der Waals surface area contributed by atoms with E-state index in [1.807, 2.05) is 13.8 Å². The summed E-state index contributed by atoms with van der Waals surface area (Å²) in [5, 5.41) is 2.98. The van der Waals surface area contributed by atoms with Crippen LogP contribution >= 0.6 is 0 Å². The van der Waals surface area contributed by atoms with Gasteiger partial charge in [-0.15, -0.1) is 0 Å². The molecule has 0 heterocycles. The smallest absolute Gasteiger partial charge is 0.224 e. The van der Waals surface area contributed by atoms with Crippen LogP contribution < -0.4 is 11.1 Å². The molecular weight excluding hydrogens is 236 g/mol. The van der Waals surface area contributed by atoms with E-state index in [1.54, 1.807) is 0 Å². The minimum atomic E-state index is -0.0836. The Morgan fingerprint density at radius 3 is 2.47 bits per heavy atom. The van der Waals surface area contributed by atoms with E-state index in [2.05, 4.69) is 37.4 Å². The molecule has 3 nitrogen and oxygen atoms in total. The second kappa shape index (κ2) is 7.29. The first-order valence-corrected chi connectivity index (χ1v) is 6.99. The number of nitrogens with two attached hydrogens (primary N) is 1. The summed E-state index contributed by atoms with van der Waals surface area (Å²) in [6.45, 7) is 9.36. The standard InChI is InChI=1S/C16H26N2O/c1-11(2)15(10-17)16(19)18-8-7-14-6-5-12(3)13(4)9-14/h5-6,9,11,15H,7-8,10,17H2,1-4H3,(H,18,19). The maximum Gasteiger partial charge on any atom is 0.224 e. The predicted octanol–water partition coefficient (Wildman–Crippen LogP) is 2.19. The molecule has 1 rings (SSSR count). The zero-order valence-electron chi connectivity index (χ0n) is 12.5. The number of nitrogens with one attached hydrogen (secondary N) is 1. The van der Waals surface area contributed by atoms with Crippen LogP contribution in [-0.2, 0) is 11.2 Å². The molecule has 0 saturated heterocycles. The summed E-state index contributed by atoms with van der Waals surface area (Å²) in [5.41, 5.74) is 9.49. The first-order valence-electron chi connectivity index (χ1n) is 6.99. The highest BCUT2D eigenvalue weighted by Gasteiger charge is 2.19. The fourth-order valence-corrected chi connectivity index (χ4v) is 2.10. The number of benzene rings is 1. The Morgan fingerprint density at radius 1 is 1.26 bits per heavy atom. The van der Waals surface area contributed by atoms with Crippen molar-refractivity contribution in [3.8, 4) is 0 Å². The summed E-state index contributed by atoms with van der Waals surface area (Å²) in [6.07, 6.45) is 0.863. The maximum absolute atomic E-state index is 11.9. The van der Waals surface area contributed by atoms with Crippen LogP contribution in [0, 0.1) is 25.7 Å². The van der Waals surface area contributed by atoms with E-state index in [0.717, 1.165) is 6.42 Å². The van der Waals surface area contributed by atoms with Crippen LogP contribution in [0.5, 0.6) is 0 Å². The Hall–Kier alpha value is -1.35. The summed E-state index contributed by atoms with van der Waals surface area (Å²) >= 11 is 0. The van der Waals surface area contributed by atoms with Gasteiger partial charge < -0.3 is 11.1 Å². The number of hydrogen-bond donors (Lipinski definition) is 2. The third-order valence-electron chi connectivity index (χ3n) is 3.68. The Balaban J connectivity index is 2.45. The van der Waals surface area contributed by atoms with E-state index in [1.165, 1.54) is 16.7 Å². The van der Waals surface area contributed by atoms with Gasteiger partial charge in [0.2, 0.25) is 5.91 Å². The van der Waals surface area contributed by atoms with E-state index in [0.29, 0.717) is 13.1 Å². The molecule has 1 atom stereocenters. The molecule has 19 heavy (non-hydrogen) atoms. The first kappa shape index (κ1) is 15.7. The quantitative estimate of drug-likeness (QED) is 0.825. The third-order valence-corrected chi connectivity index (χ3v) is 3.68. The fourth-order valence-electron chi connectivity index (χ4n) is 2.10. The lowest BCUT2D eigenvalue weighted by Crippen LogP contribution is -2.38. The van der Waals surface area contributed by atoms with Crippen molar-refractivity contribution < 1.29 is 4.79 Å². The average Bonchev–Trinajstić information content (AvgIpc) is 2.34. The van der Waals surface area contributed by atoms with Crippen molar-refractivity contribution in [3.63, 3.8) is 0 Å². The molecule has 0 saturated carbocycles. The van der Waals surface area contributed by atoms with Crippen LogP contribution in [0.3, 0.4) is 0 Å². The molecule has 1 aromatic rings. The van der Waals surface area contributed by atoms with Crippen molar-refractivity contribution in [2.24, 2.45) is 17.6 Å². The number of hydrogen-bond acceptors (Lipinski definition) is 2. The van der Waals surface area contributed by atoms with Crippen molar-refractivity contribution in [3.05, 3.63) is 34.9 Å². The van der Waals surface area contributed by atoms with Crippen molar-refractivity contribution >= 4 is 5.91 Å². The van der Waals surface area contributed by atoms with Gasteiger partial charge in [0.25, 0.3) is 0 Å². The van der Waals surface area contributed by atoms with E-state index in [4.69, 9.17) is 5.73 Å². The second-order valence-electron chi connectivity index (χ2n) is 5.55. The molecule has 106 valence electrons. The van der Waals surface area contributed by atoms with E-state index < -0.39 is 0 Å². The fraction of sp³-hybridized carbons (Fsp3) is 0.562. The number of aryl methyl sites for hydroxylation is 2. The van der Waals surface area contributed by atoms with Crippen molar-refractivity contribution in [1.82, 2.24) is 5.32 Å². The van der Waals surface area contributed by atoms with E-state index >= 15 is 0 Å². The number of rotatable bonds is 6. The van der Waals surface area contributed by atoms with Gasteiger partial charge in [-0.25, -0.2) is 0 Å². The number of amides is 1. The van der Waals surface area contributed by atoms with Gasteiger partial charge in [0.1, 0.15) is 0 Å². The molecule has 0 fully saturated rings. The molecule has 1 aromatic carbocycles. The van der Waals surface area contributed by atoms with Crippen LogP contribution in [0.4, 0.5) is 0 Å². The molecule has 0 aromatic heterocycles. The van der Waals surface area contributed by atoms with Crippen LogP contribution in [0.25, 0.3) is 0 Å². The number of carbonyl (C=O) groups is 1. The minimum absolute atomic E-state index is 0.0707. The highest BCUT2D eigenvalue weighted by atomic mass is 16.1. The highest BCUT2D eigenvalue weighted by molar-refractivity contribution is 5.79. The van der Waals surface area contributed by atoms with Crippen molar-refractivity contribution in [2.75, 3.05) is 13.1 Å². The van der Waals surface area contributed by atoms with Crippen molar-refractivity contribution in [1.29, 1.82) is 0 Å². The van der Waals surface area contributed by atoms with Gasteiger partial charge in [0.15, 0.2) is 0 Å². The zero-order valence-corrected chi connectivity index (χ0v) is 12.5. The van der Waals surface area contributed by atoms with Crippen LogP contribution in [-0.4, -0.2) is 19.0 Å². The van der Waals surface area contributed by atoms with Crippen LogP contribution in [0.2, 0.25) is 0 Å². The maximum atomic E-state index is 11.9. The van der Waals surface area contributed by atoms with Gasteiger partial charge in [0.05, 0.1) is 5.92 Å². The molecular formula is C16H26N2O. The third kappa shape index (κ3) is 4.67. The largest absolute Gasteiger partial charge is 0.355 e. The molecule has 3 heteroatoms. The summed E-state index contributed by atoms with van der Waals surface area (Å²) < 4.78 is 0. The minimum Gasteiger partial charge on any atom is -0.355 e. The van der Waals surface area contributed by atoms with Gasteiger partial charge in [-0.3, -0.25) is 4.79 Å². The summed E-state index contributed by atoms with van der Waals surface area (Å²) in [7, 11) is 0. The average molecular weight is 262 g/mol. The lowest BCUT2D eigenvalue weighted by Gasteiger charge is -2.18. The molecule has 0 bridgehead atoms. The predicted molar refractivity (Wildman–Crippen MR) is 80.0 cm³/mol. The molecule has 0 aliphatic carbocycles. The summed E-state index contributed by atoms with van der Waals surface area (Å²) in [6, 6.07) is 6.44. The van der Waals surface area contributed by atoms with E-state index in [-0.39, 0.29) is 17.7 Å². The summed E-state index contributed by atoms with van der Waals surface area (Å²) in [5.74, 6) is 0.271. The molecule has 0 aliphatic rings. The van der Waals surface area contributed by atoms with Gasteiger partial charge >= 0.3 is 0 Å². The SMILES string of the molecule is Cc1ccc(CCNC(=O)C(CN)C(C)C)cc1C. The first-order chi connectivity index (χ1) is 8.95. The van der Waals surface area contributed by atoms with Crippen LogP contribution in [0.15, 0.2) is 18.2 Å². The Morgan fingerprint density at radius 2 is 1.95 bits per heavy atom. The molecule has 0 radical (unpaired) electrons. The van der Waals surface area contributed by atoms with Gasteiger partial charge in [-0.1, -0.05) is 32.0 Å². The molecule has 1 amide bonds. The lowest BCUT2D eigenvalue weighted by atomic mass is 9.95. The van der Waals surface area contributed by atoms with Gasteiger partial charge in [-0.2, -0.15) is 0 Å². The Bertz CT molecular complexity index is 427. The Labute approximate surface area is 116 Å². The topological polar surface area (TPSA) is 55.1 Å². The second-order valence-corrected chi connectivity index (χ2v) is 5.55. The van der Waals surface area contributed by atoms with E-state index in [9.17, 15) is 4.79 Å². The monoisotopic (exact) mass is 262 g/mol. The molecule has 0 aliphatic heterocycles. The van der Waals surface area contributed by atoms with Gasteiger partial charge in [0, 0.05) is 13.1 Å². The molecule has 0 spiro atoms. The summed E-state index contributed by atoms with van der Waals surface area (Å²) in [4.78, 5) is 11.9. The van der Waals surface area contributed by atoms with Crippen LogP contribution in [0.1, 0.15) is 30.5 Å². The molecule has 1 unspecified atom stereocenters. The molecule has 3 N–H and O–H groups in total. The lowest BCUT2D eigenvalue weighted by molar-refractivity contribution is -0.125. The number of carbonyl (C=O) groups excluding carboxylic acids is 1. The normalized spacial score (nSPS) is 12.5. The van der Waals surface area contributed by atoms with Gasteiger partial charge in [-0.05, 0) is 42.9 Å².